The Labute approximate surface area is 229 Å². The molecule has 3 amide bonds. The molecule has 206 valence electrons. The largest absolute Gasteiger partial charge is 0.493 e. The number of halogens is 1. The predicted molar refractivity (Wildman–Crippen MR) is 148 cm³/mol. The van der Waals surface area contributed by atoms with Crippen molar-refractivity contribution in [1.29, 1.82) is 0 Å². The van der Waals surface area contributed by atoms with E-state index >= 15 is 0 Å². The van der Waals surface area contributed by atoms with Gasteiger partial charge in [-0.1, -0.05) is 12.1 Å². The Balaban J connectivity index is 0.00000400. The molecule has 1 aromatic carbocycles. The quantitative estimate of drug-likeness (QED) is 0.458. The highest BCUT2D eigenvalue weighted by Gasteiger charge is 2.24. The number of urea groups is 1. The number of amides is 3. The lowest BCUT2D eigenvalue weighted by atomic mass is 10.1. The fourth-order valence-corrected chi connectivity index (χ4v) is 4.36. The van der Waals surface area contributed by atoms with Gasteiger partial charge in [0.05, 0.1) is 33.5 Å². The van der Waals surface area contributed by atoms with E-state index in [1.54, 1.807) is 36.2 Å². The number of para-hydroxylation sites is 1. The summed E-state index contributed by atoms with van der Waals surface area (Å²) in [6.45, 7) is 7.93. The SMILES string of the molecule is CCOc1c(CN(C)C(=O)C=Cc2cnc3c(c2)CN(CCN2CCOCC2)C(=O)N3)cccc1OC.Cl. The van der Waals surface area contributed by atoms with Gasteiger partial charge in [-0.3, -0.25) is 15.0 Å². The van der Waals surface area contributed by atoms with Crippen molar-refractivity contribution in [2.24, 2.45) is 0 Å². The molecule has 0 radical (unpaired) electrons. The summed E-state index contributed by atoms with van der Waals surface area (Å²) < 4.78 is 16.6. The molecule has 1 aromatic heterocycles. The first-order valence-corrected chi connectivity index (χ1v) is 12.5. The van der Waals surface area contributed by atoms with Gasteiger partial charge < -0.3 is 24.0 Å². The molecule has 11 heteroatoms. The van der Waals surface area contributed by atoms with Crippen LogP contribution in [0, 0.1) is 0 Å². The number of carbonyl (C=O) groups is 2. The van der Waals surface area contributed by atoms with Gasteiger partial charge in [0, 0.05) is 63.2 Å². The van der Waals surface area contributed by atoms with Crippen molar-refractivity contribution in [3.63, 3.8) is 0 Å². The first-order valence-electron chi connectivity index (χ1n) is 12.5. The van der Waals surface area contributed by atoms with Gasteiger partial charge in [0.25, 0.3) is 0 Å². The standard InChI is InChI=1S/C27H35N5O5.ClH/c1-4-37-25-21(6-5-7-23(25)35-3)18-30(2)24(33)9-8-20-16-22-19-32(27(34)29-26(22)28-17-20)11-10-31-12-14-36-15-13-31;/h5-9,16-17H,4,10-15,18-19H2,1-3H3,(H,28,29,34);1H. The first-order chi connectivity index (χ1) is 18.0. The summed E-state index contributed by atoms with van der Waals surface area (Å²) in [5.74, 6) is 1.70. The molecule has 1 saturated heterocycles. The van der Waals surface area contributed by atoms with Crippen LogP contribution in [0.25, 0.3) is 6.08 Å². The van der Waals surface area contributed by atoms with Crippen molar-refractivity contribution in [2.45, 2.75) is 20.0 Å². The van der Waals surface area contributed by atoms with E-state index in [9.17, 15) is 9.59 Å². The number of nitrogens with zero attached hydrogens (tertiary/aromatic N) is 4. The number of anilines is 1. The summed E-state index contributed by atoms with van der Waals surface area (Å²) in [5.41, 5.74) is 2.58. The van der Waals surface area contributed by atoms with Gasteiger partial charge in [0.15, 0.2) is 11.5 Å². The van der Waals surface area contributed by atoms with Crippen LogP contribution in [-0.2, 0) is 22.6 Å². The second kappa shape index (κ2) is 14.0. The Morgan fingerprint density at radius 2 is 2.05 bits per heavy atom. The molecule has 0 saturated carbocycles. The van der Waals surface area contributed by atoms with Crippen LogP contribution in [-0.4, -0.2) is 91.8 Å². The van der Waals surface area contributed by atoms with Crippen molar-refractivity contribution in [2.75, 3.05) is 65.5 Å². The van der Waals surface area contributed by atoms with E-state index in [-0.39, 0.29) is 24.3 Å². The third-order valence-corrected chi connectivity index (χ3v) is 6.42. The number of likely N-dealkylation sites (N-methyl/N-ethyl adjacent to an activating group) is 1. The van der Waals surface area contributed by atoms with Crippen LogP contribution in [0.15, 0.2) is 36.5 Å². The Hall–Kier alpha value is -3.34. The number of pyridine rings is 1. The predicted octanol–water partition coefficient (Wildman–Crippen LogP) is 3.26. The number of benzene rings is 1. The minimum atomic E-state index is -0.150. The van der Waals surface area contributed by atoms with Crippen molar-refractivity contribution < 1.29 is 23.8 Å². The highest BCUT2D eigenvalue weighted by Crippen LogP contribution is 2.32. The molecule has 0 unspecified atom stereocenters. The van der Waals surface area contributed by atoms with Crippen molar-refractivity contribution in [3.05, 3.63) is 53.2 Å². The molecule has 0 atom stereocenters. The normalized spacial score (nSPS) is 15.4. The number of nitrogens with one attached hydrogen (secondary N) is 1. The van der Waals surface area contributed by atoms with Crippen molar-refractivity contribution in [1.82, 2.24) is 19.7 Å². The molecule has 38 heavy (non-hydrogen) atoms. The highest BCUT2D eigenvalue weighted by atomic mass is 35.5. The molecule has 3 heterocycles. The van der Waals surface area contributed by atoms with E-state index in [1.807, 2.05) is 31.2 Å². The Kier molecular flexibility index (Phi) is 10.8. The van der Waals surface area contributed by atoms with Gasteiger partial charge in [-0.25, -0.2) is 9.78 Å². The summed E-state index contributed by atoms with van der Waals surface area (Å²) in [4.78, 5) is 35.5. The van der Waals surface area contributed by atoms with Crippen LogP contribution in [0.5, 0.6) is 11.5 Å². The number of ether oxygens (including phenoxy) is 3. The lowest BCUT2D eigenvalue weighted by molar-refractivity contribution is -0.125. The van der Waals surface area contributed by atoms with E-state index in [1.165, 1.54) is 6.08 Å². The Morgan fingerprint density at radius 1 is 1.26 bits per heavy atom. The number of hydrogen-bond donors (Lipinski definition) is 1. The molecular formula is C27H36ClN5O5. The van der Waals surface area contributed by atoms with Crippen molar-refractivity contribution in [3.8, 4) is 11.5 Å². The van der Waals surface area contributed by atoms with Crippen LogP contribution in [0.4, 0.5) is 10.6 Å². The molecular weight excluding hydrogens is 510 g/mol. The van der Waals surface area contributed by atoms with E-state index in [0.29, 0.717) is 43.6 Å². The van der Waals surface area contributed by atoms with Gasteiger partial charge in [-0.15, -0.1) is 12.4 Å². The second-order valence-electron chi connectivity index (χ2n) is 8.99. The van der Waals surface area contributed by atoms with Crippen LogP contribution < -0.4 is 14.8 Å². The fraction of sp³-hybridized carbons (Fsp3) is 0.444. The summed E-state index contributed by atoms with van der Waals surface area (Å²) in [6.07, 6.45) is 4.93. The van der Waals surface area contributed by atoms with Gasteiger partial charge >= 0.3 is 6.03 Å². The molecule has 1 N–H and O–H groups in total. The summed E-state index contributed by atoms with van der Waals surface area (Å²) in [5, 5.41) is 2.87. The smallest absolute Gasteiger partial charge is 0.323 e. The number of rotatable bonds is 10. The van der Waals surface area contributed by atoms with E-state index in [0.717, 1.165) is 49.5 Å². The molecule has 0 aliphatic carbocycles. The molecule has 1 fully saturated rings. The maximum atomic E-state index is 12.8. The minimum Gasteiger partial charge on any atom is -0.493 e. The Morgan fingerprint density at radius 3 is 2.79 bits per heavy atom. The highest BCUT2D eigenvalue weighted by molar-refractivity contribution is 5.93. The maximum Gasteiger partial charge on any atom is 0.323 e. The molecule has 2 aliphatic heterocycles. The second-order valence-corrected chi connectivity index (χ2v) is 8.99. The van der Waals surface area contributed by atoms with E-state index in [2.05, 4.69) is 15.2 Å². The number of morpholine rings is 1. The zero-order chi connectivity index (χ0) is 26.2. The number of carbonyl (C=O) groups excluding carboxylic acids is 2. The van der Waals surface area contributed by atoms with E-state index in [4.69, 9.17) is 14.2 Å². The van der Waals surface area contributed by atoms with Gasteiger partial charge in [-0.05, 0) is 30.7 Å². The number of fused-ring (bicyclic) bond motifs is 1. The zero-order valence-electron chi connectivity index (χ0n) is 22.1. The number of hydrogen-bond acceptors (Lipinski definition) is 7. The molecule has 10 nitrogen and oxygen atoms in total. The maximum absolute atomic E-state index is 12.8. The van der Waals surface area contributed by atoms with E-state index < -0.39 is 0 Å². The Bertz CT molecular complexity index is 1140. The lowest BCUT2D eigenvalue weighted by Crippen LogP contribution is -2.45. The van der Waals surface area contributed by atoms with Gasteiger partial charge in [0.2, 0.25) is 5.91 Å². The minimum absolute atomic E-state index is 0. The number of aromatic nitrogens is 1. The van der Waals surface area contributed by atoms with Crippen molar-refractivity contribution >= 4 is 36.2 Å². The van der Waals surface area contributed by atoms with Gasteiger partial charge in [0.1, 0.15) is 5.82 Å². The third kappa shape index (κ3) is 7.37. The van der Waals surface area contributed by atoms with Gasteiger partial charge in [-0.2, -0.15) is 0 Å². The van der Waals surface area contributed by atoms with Crippen LogP contribution in [0.3, 0.4) is 0 Å². The molecule has 2 aromatic rings. The monoisotopic (exact) mass is 545 g/mol. The van der Waals surface area contributed by atoms with Crippen LogP contribution >= 0.6 is 12.4 Å². The average Bonchev–Trinajstić information content (AvgIpc) is 2.92. The summed E-state index contributed by atoms with van der Waals surface area (Å²) in [7, 11) is 3.34. The lowest BCUT2D eigenvalue weighted by Gasteiger charge is -2.32. The molecule has 0 spiro atoms. The summed E-state index contributed by atoms with van der Waals surface area (Å²) in [6, 6.07) is 7.46. The average molecular weight is 546 g/mol. The first kappa shape index (κ1) is 29.2. The summed E-state index contributed by atoms with van der Waals surface area (Å²) >= 11 is 0. The zero-order valence-corrected chi connectivity index (χ0v) is 23.0. The molecule has 2 aliphatic rings. The fourth-order valence-electron chi connectivity index (χ4n) is 4.36. The molecule has 4 rings (SSSR count). The van der Waals surface area contributed by atoms with Crippen LogP contribution in [0.1, 0.15) is 23.6 Å². The molecule has 0 bridgehead atoms. The topological polar surface area (TPSA) is 96.5 Å². The van der Waals surface area contributed by atoms with Crippen LogP contribution in [0.2, 0.25) is 0 Å². The third-order valence-electron chi connectivity index (χ3n) is 6.42. The number of methoxy groups -OCH3 is 1.